The molecule has 5 nitrogen and oxygen atoms in total. The maximum absolute atomic E-state index is 8.94. The van der Waals surface area contributed by atoms with Crippen molar-refractivity contribution in [3.8, 4) is 0 Å². The standard InChI is InChI=1S/C8H14N4OS2/c1-5(4-13)15-7-3-6(12-9)10-8(11-7)14-2/h3,5,13H,4,9H2,1-2H3,(H,10,11,12). The van der Waals surface area contributed by atoms with E-state index in [4.69, 9.17) is 10.9 Å². The number of hydrazine groups is 1. The van der Waals surface area contributed by atoms with Gasteiger partial charge in [0.05, 0.1) is 6.61 Å². The van der Waals surface area contributed by atoms with Crippen LogP contribution in [0.25, 0.3) is 0 Å². The van der Waals surface area contributed by atoms with Gasteiger partial charge in [-0.3, -0.25) is 0 Å². The molecule has 0 aliphatic carbocycles. The molecule has 7 heteroatoms. The Balaban J connectivity index is 2.86. The van der Waals surface area contributed by atoms with Crippen LogP contribution >= 0.6 is 23.5 Å². The fourth-order valence-electron chi connectivity index (χ4n) is 0.873. The highest BCUT2D eigenvalue weighted by Crippen LogP contribution is 2.24. The van der Waals surface area contributed by atoms with Gasteiger partial charge >= 0.3 is 0 Å². The Morgan fingerprint density at radius 1 is 1.60 bits per heavy atom. The lowest BCUT2D eigenvalue weighted by Gasteiger charge is -2.09. The third kappa shape index (κ3) is 3.86. The van der Waals surface area contributed by atoms with Gasteiger partial charge in [-0.1, -0.05) is 18.7 Å². The Morgan fingerprint density at radius 2 is 2.33 bits per heavy atom. The van der Waals surface area contributed by atoms with Crippen molar-refractivity contribution in [3.05, 3.63) is 6.07 Å². The third-order valence-corrected chi connectivity index (χ3v) is 3.14. The first-order valence-corrected chi connectivity index (χ1v) is 6.47. The zero-order valence-electron chi connectivity index (χ0n) is 8.60. The van der Waals surface area contributed by atoms with Crippen LogP contribution in [0, 0.1) is 0 Å². The van der Waals surface area contributed by atoms with Crippen molar-refractivity contribution in [1.82, 2.24) is 9.97 Å². The zero-order chi connectivity index (χ0) is 11.3. The molecule has 1 aromatic heterocycles. The fourth-order valence-corrected chi connectivity index (χ4v) is 2.12. The van der Waals surface area contributed by atoms with Gasteiger partial charge in [0.15, 0.2) is 5.16 Å². The summed E-state index contributed by atoms with van der Waals surface area (Å²) >= 11 is 2.95. The average molecular weight is 246 g/mol. The van der Waals surface area contributed by atoms with E-state index in [9.17, 15) is 0 Å². The van der Waals surface area contributed by atoms with Gasteiger partial charge in [0, 0.05) is 11.3 Å². The molecule has 0 amide bonds. The monoisotopic (exact) mass is 246 g/mol. The molecule has 0 bridgehead atoms. The van der Waals surface area contributed by atoms with E-state index in [0.717, 1.165) is 5.03 Å². The molecule has 0 aliphatic rings. The van der Waals surface area contributed by atoms with Crippen molar-refractivity contribution in [1.29, 1.82) is 0 Å². The first-order valence-electron chi connectivity index (χ1n) is 4.36. The van der Waals surface area contributed by atoms with Crippen LogP contribution in [0.3, 0.4) is 0 Å². The van der Waals surface area contributed by atoms with Crippen molar-refractivity contribution in [2.24, 2.45) is 5.84 Å². The quantitative estimate of drug-likeness (QED) is 0.234. The Bertz CT molecular complexity index is 301. The molecule has 84 valence electrons. The van der Waals surface area contributed by atoms with E-state index in [1.165, 1.54) is 23.5 Å². The highest BCUT2D eigenvalue weighted by atomic mass is 32.2. The van der Waals surface area contributed by atoms with E-state index in [1.54, 1.807) is 6.07 Å². The summed E-state index contributed by atoms with van der Waals surface area (Å²) in [7, 11) is 0. The lowest BCUT2D eigenvalue weighted by Crippen LogP contribution is -2.10. The number of hydrogen-bond acceptors (Lipinski definition) is 7. The molecule has 0 saturated carbocycles. The minimum atomic E-state index is 0.111. The molecule has 0 fully saturated rings. The molecule has 1 aromatic rings. The number of nitrogens with two attached hydrogens (primary N) is 1. The van der Waals surface area contributed by atoms with E-state index in [2.05, 4.69) is 15.4 Å². The summed E-state index contributed by atoms with van der Waals surface area (Å²) in [4.78, 5) is 8.44. The van der Waals surface area contributed by atoms with E-state index in [1.807, 2.05) is 13.2 Å². The maximum atomic E-state index is 8.94. The van der Waals surface area contributed by atoms with Crippen LogP contribution in [0.15, 0.2) is 16.2 Å². The maximum Gasteiger partial charge on any atom is 0.190 e. The van der Waals surface area contributed by atoms with Gasteiger partial charge in [0.25, 0.3) is 0 Å². The highest BCUT2D eigenvalue weighted by molar-refractivity contribution is 8.00. The van der Waals surface area contributed by atoms with Crippen LogP contribution in [-0.4, -0.2) is 33.2 Å². The molecule has 1 heterocycles. The molecule has 0 saturated heterocycles. The van der Waals surface area contributed by atoms with Gasteiger partial charge in [-0.2, -0.15) is 0 Å². The molecule has 0 aromatic carbocycles. The van der Waals surface area contributed by atoms with E-state index >= 15 is 0 Å². The van der Waals surface area contributed by atoms with Crippen LogP contribution in [-0.2, 0) is 0 Å². The second-order valence-electron chi connectivity index (χ2n) is 2.83. The summed E-state index contributed by atoms with van der Waals surface area (Å²) in [6, 6.07) is 1.76. The lowest BCUT2D eigenvalue weighted by atomic mass is 10.5. The lowest BCUT2D eigenvalue weighted by molar-refractivity contribution is 0.300. The van der Waals surface area contributed by atoms with E-state index in [0.29, 0.717) is 11.0 Å². The molecule has 0 spiro atoms. The zero-order valence-corrected chi connectivity index (χ0v) is 10.2. The average Bonchev–Trinajstić information content (AvgIpc) is 2.28. The second-order valence-corrected chi connectivity index (χ2v) is 5.07. The predicted octanol–water partition coefficient (Wildman–Crippen LogP) is 0.957. The number of thioether (sulfide) groups is 2. The molecule has 1 unspecified atom stereocenters. The number of hydrogen-bond donors (Lipinski definition) is 3. The topological polar surface area (TPSA) is 84.1 Å². The first kappa shape index (κ1) is 12.6. The molecule has 4 N–H and O–H groups in total. The number of aromatic nitrogens is 2. The number of aliphatic hydroxyl groups is 1. The molecular formula is C8H14N4OS2. The van der Waals surface area contributed by atoms with Crippen LogP contribution in [0.5, 0.6) is 0 Å². The molecule has 1 atom stereocenters. The normalized spacial score (nSPS) is 12.5. The minimum Gasteiger partial charge on any atom is -0.395 e. The minimum absolute atomic E-state index is 0.111. The van der Waals surface area contributed by atoms with Gasteiger partial charge in [-0.25, -0.2) is 15.8 Å². The van der Waals surface area contributed by atoms with Gasteiger partial charge in [-0.15, -0.1) is 11.8 Å². The van der Waals surface area contributed by atoms with E-state index in [-0.39, 0.29) is 11.9 Å². The highest BCUT2D eigenvalue weighted by Gasteiger charge is 2.07. The van der Waals surface area contributed by atoms with Crippen molar-refractivity contribution in [2.45, 2.75) is 22.4 Å². The molecule has 1 rings (SSSR count). The summed E-state index contributed by atoms with van der Waals surface area (Å²) in [6.45, 7) is 2.05. The summed E-state index contributed by atoms with van der Waals surface area (Å²) in [5, 5.41) is 10.5. The third-order valence-electron chi connectivity index (χ3n) is 1.59. The first-order chi connectivity index (χ1) is 7.19. The number of nitrogens with zero attached hydrogens (tertiary/aromatic N) is 2. The van der Waals surface area contributed by atoms with Crippen molar-refractivity contribution < 1.29 is 5.11 Å². The SMILES string of the molecule is CSc1nc(NN)cc(SC(C)CO)n1. The van der Waals surface area contributed by atoms with Crippen molar-refractivity contribution in [3.63, 3.8) is 0 Å². The Morgan fingerprint density at radius 3 is 2.87 bits per heavy atom. The molecule has 0 aliphatic heterocycles. The fraction of sp³-hybridized carbons (Fsp3) is 0.500. The van der Waals surface area contributed by atoms with Crippen LogP contribution < -0.4 is 11.3 Å². The summed E-state index contributed by atoms with van der Waals surface area (Å²) in [5.74, 6) is 5.88. The smallest absolute Gasteiger partial charge is 0.190 e. The van der Waals surface area contributed by atoms with Gasteiger partial charge in [-0.05, 0) is 6.26 Å². The summed E-state index contributed by atoms with van der Waals surface area (Å²) < 4.78 is 0. The number of anilines is 1. The van der Waals surface area contributed by atoms with Gasteiger partial charge < -0.3 is 10.5 Å². The van der Waals surface area contributed by atoms with Gasteiger partial charge in [0.2, 0.25) is 0 Å². The summed E-state index contributed by atoms with van der Waals surface area (Å²) in [5.41, 5.74) is 2.49. The second kappa shape index (κ2) is 6.16. The number of nitrogen functional groups attached to an aromatic ring is 1. The predicted molar refractivity (Wildman–Crippen MR) is 64.0 cm³/mol. The number of rotatable bonds is 5. The Kier molecular flexibility index (Phi) is 5.16. The summed E-state index contributed by atoms with van der Waals surface area (Å²) in [6.07, 6.45) is 1.90. The van der Waals surface area contributed by atoms with Crippen LogP contribution in [0.2, 0.25) is 0 Å². The molecule has 15 heavy (non-hydrogen) atoms. The van der Waals surface area contributed by atoms with E-state index < -0.39 is 0 Å². The molecule has 0 radical (unpaired) electrons. The Labute approximate surface area is 97.2 Å². The Hall–Kier alpha value is -0.500. The van der Waals surface area contributed by atoms with Crippen LogP contribution in [0.1, 0.15) is 6.92 Å². The van der Waals surface area contributed by atoms with Crippen LogP contribution in [0.4, 0.5) is 5.82 Å². The van der Waals surface area contributed by atoms with Crippen molar-refractivity contribution >= 4 is 29.3 Å². The van der Waals surface area contributed by atoms with Gasteiger partial charge in [0.1, 0.15) is 10.8 Å². The number of nitrogens with one attached hydrogen (secondary N) is 1. The molecular weight excluding hydrogens is 232 g/mol. The largest absolute Gasteiger partial charge is 0.395 e. The van der Waals surface area contributed by atoms with Crippen molar-refractivity contribution in [2.75, 3.05) is 18.3 Å². The number of aliphatic hydroxyl groups excluding tert-OH is 1.